The van der Waals surface area contributed by atoms with Gasteiger partial charge in [-0.1, -0.05) is 6.92 Å². The number of hydrogen-bond donors (Lipinski definition) is 3. The molecule has 3 aromatic rings. The molecule has 31 heavy (non-hydrogen) atoms. The van der Waals surface area contributed by atoms with Crippen LogP contribution in [0.1, 0.15) is 24.3 Å². The van der Waals surface area contributed by atoms with Crippen LogP contribution in [0.3, 0.4) is 0 Å². The van der Waals surface area contributed by atoms with Gasteiger partial charge in [-0.05, 0) is 49.2 Å². The second-order valence-corrected chi connectivity index (χ2v) is 7.69. The molecule has 1 fully saturated rings. The third kappa shape index (κ3) is 4.19. The van der Waals surface area contributed by atoms with E-state index in [0.717, 1.165) is 5.56 Å². The van der Waals surface area contributed by atoms with Crippen molar-refractivity contribution in [2.75, 3.05) is 11.9 Å². The normalized spacial score (nSPS) is 20.3. The maximum atomic E-state index is 13.2. The number of carbonyl (C=O) groups excluding carboxylic acids is 1. The molecule has 3 heterocycles. The Bertz CT molecular complexity index is 1120. The molecule has 1 aliphatic heterocycles. The number of anilines is 2. The third-order valence-electron chi connectivity index (χ3n) is 5.58. The Morgan fingerprint density at radius 1 is 1.29 bits per heavy atom. The number of hydrogen-bond acceptors (Lipinski definition) is 6. The van der Waals surface area contributed by atoms with Gasteiger partial charge in [0, 0.05) is 24.0 Å². The summed E-state index contributed by atoms with van der Waals surface area (Å²) in [5.74, 6) is -0.430. The molecule has 0 saturated carbocycles. The van der Waals surface area contributed by atoms with Crippen LogP contribution in [0.2, 0.25) is 0 Å². The Hall–Kier alpha value is -3.93. The lowest BCUT2D eigenvalue weighted by atomic mass is 10.0. The number of pyridine rings is 1. The Balaban J connectivity index is 1.52. The van der Waals surface area contributed by atoms with Gasteiger partial charge in [0.1, 0.15) is 11.5 Å². The molecule has 0 bridgehead atoms. The molecule has 0 radical (unpaired) electrons. The van der Waals surface area contributed by atoms with Crippen LogP contribution in [0.25, 0.3) is 11.3 Å². The molecule has 8 nitrogen and oxygen atoms in total. The highest BCUT2D eigenvalue weighted by Gasteiger charge is 2.37. The monoisotopic (exact) mass is 419 g/mol. The van der Waals surface area contributed by atoms with Crippen molar-refractivity contribution >= 4 is 17.3 Å². The minimum absolute atomic E-state index is 0.0712. The van der Waals surface area contributed by atoms with Gasteiger partial charge in [-0.15, -0.1) is 0 Å². The molecule has 2 unspecified atom stereocenters. The highest BCUT2D eigenvalue weighted by atomic mass is 19.1. The summed E-state index contributed by atoms with van der Waals surface area (Å²) < 4.78 is 13.2. The van der Waals surface area contributed by atoms with Crippen molar-refractivity contribution in [3.63, 3.8) is 0 Å². The van der Waals surface area contributed by atoms with Crippen LogP contribution in [-0.2, 0) is 0 Å². The van der Waals surface area contributed by atoms with E-state index < -0.39 is 0 Å². The van der Waals surface area contributed by atoms with Gasteiger partial charge in [0.05, 0.1) is 29.7 Å². The zero-order valence-electron chi connectivity index (χ0n) is 17.1. The number of H-pyrrole nitrogens is 1. The highest BCUT2D eigenvalue weighted by Crippen LogP contribution is 2.29. The van der Waals surface area contributed by atoms with Crippen molar-refractivity contribution in [3.8, 4) is 17.5 Å². The summed E-state index contributed by atoms with van der Waals surface area (Å²) in [5, 5.41) is 22.5. The van der Waals surface area contributed by atoms with E-state index >= 15 is 0 Å². The first kappa shape index (κ1) is 20.3. The topological polar surface area (TPSA) is 110 Å². The minimum atomic E-state index is -0.316. The number of nitriles is 1. The quantitative estimate of drug-likeness (QED) is 0.548. The van der Waals surface area contributed by atoms with E-state index in [1.54, 1.807) is 41.6 Å². The molecule has 3 atom stereocenters. The fraction of sp³-hybridized carbons (Fsp3) is 0.273. The first-order valence-corrected chi connectivity index (χ1v) is 9.96. The summed E-state index contributed by atoms with van der Waals surface area (Å²) in [7, 11) is 0. The lowest BCUT2D eigenvalue weighted by molar-refractivity contribution is 0.0918. The Morgan fingerprint density at radius 2 is 2.06 bits per heavy atom. The third-order valence-corrected chi connectivity index (χ3v) is 5.58. The number of likely N-dealkylation sites (tertiary alicyclic amines) is 1. The number of carbonyl (C=O) groups is 1. The number of amides is 1. The second-order valence-electron chi connectivity index (χ2n) is 7.69. The Labute approximate surface area is 179 Å². The maximum Gasteiger partial charge on any atom is 0.269 e. The predicted molar refractivity (Wildman–Crippen MR) is 114 cm³/mol. The molecule has 1 saturated heterocycles. The van der Waals surface area contributed by atoms with Gasteiger partial charge in [0.2, 0.25) is 0 Å². The van der Waals surface area contributed by atoms with Crippen LogP contribution < -0.4 is 10.6 Å². The van der Waals surface area contributed by atoms with Gasteiger partial charge in [-0.25, -0.2) is 4.39 Å². The SMILES string of the molecule is CC1CN(C#N)C(C)[C@@H]1NC(=O)c1cc(-c2ccncc2Nc2ccc(F)cc2)n[nH]1. The number of halogens is 1. The first-order valence-electron chi connectivity index (χ1n) is 9.96. The summed E-state index contributed by atoms with van der Waals surface area (Å²) in [5.41, 5.74) is 3.02. The van der Waals surface area contributed by atoms with Crippen LogP contribution in [0, 0.1) is 23.2 Å². The zero-order valence-corrected chi connectivity index (χ0v) is 17.1. The Morgan fingerprint density at radius 3 is 2.77 bits per heavy atom. The maximum absolute atomic E-state index is 13.2. The summed E-state index contributed by atoms with van der Waals surface area (Å²) in [6.07, 6.45) is 5.45. The van der Waals surface area contributed by atoms with E-state index in [2.05, 4.69) is 32.0 Å². The van der Waals surface area contributed by atoms with E-state index in [1.165, 1.54) is 12.1 Å². The van der Waals surface area contributed by atoms with Crippen LogP contribution in [-0.4, -0.2) is 44.6 Å². The number of nitrogens with one attached hydrogen (secondary N) is 3. The van der Waals surface area contributed by atoms with Crippen LogP contribution in [0.15, 0.2) is 48.8 Å². The first-order chi connectivity index (χ1) is 15.0. The number of benzene rings is 1. The lowest BCUT2D eigenvalue weighted by Gasteiger charge is -2.21. The zero-order chi connectivity index (χ0) is 22.0. The van der Waals surface area contributed by atoms with Crippen molar-refractivity contribution in [1.29, 1.82) is 5.26 Å². The standard InChI is InChI=1S/C22H22FN7O/c1-13-11-30(12-24)14(2)21(13)27-22(31)19-9-18(28-29-19)17-7-8-25-10-20(17)26-16-5-3-15(23)4-6-16/h3-10,13-14,21,26H,11H2,1-2H3,(H,27,31)(H,28,29)/t13?,14?,21-/m1/s1. The summed E-state index contributed by atoms with van der Waals surface area (Å²) in [4.78, 5) is 18.6. The smallest absolute Gasteiger partial charge is 0.269 e. The molecular formula is C22H22FN7O. The average molecular weight is 419 g/mol. The van der Waals surface area contributed by atoms with Crippen LogP contribution >= 0.6 is 0 Å². The lowest BCUT2D eigenvalue weighted by Crippen LogP contribution is -2.44. The summed E-state index contributed by atoms with van der Waals surface area (Å²) in [6, 6.07) is 9.26. The van der Waals surface area contributed by atoms with E-state index in [4.69, 9.17) is 0 Å². The van der Waals surface area contributed by atoms with Gasteiger partial charge in [-0.2, -0.15) is 10.4 Å². The summed E-state index contributed by atoms with van der Waals surface area (Å²) in [6.45, 7) is 4.56. The van der Waals surface area contributed by atoms with E-state index in [-0.39, 0.29) is 29.7 Å². The molecule has 1 aliphatic rings. The number of rotatable bonds is 5. The van der Waals surface area contributed by atoms with Crippen molar-refractivity contribution < 1.29 is 9.18 Å². The van der Waals surface area contributed by atoms with Crippen molar-refractivity contribution in [2.45, 2.75) is 25.9 Å². The van der Waals surface area contributed by atoms with Gasteiger partial charge >= 0.3 is 0 Å². The average Bonchev–Trinajstić information content (AvgIpc) is 3.36. The molecule has 1 amide bonds. The van der Waals surface area contributed by atoms with Gasteiger partial charge in [0.25, 0.3) is 5.91 Å². The number of nitrogens with zero attached hydrogens (tertiary/aromatic N) is 4. The minimum Gasteiger partial charge on any atom is -0.354 e. The van der Waals surface area contributed by atoms with Gasteiger partial charge in [0.15, 0.2) is 6.19 Å². The van der Waals surface area contributed by atoms with E-state index in [0.29, 0.717) is 29.3 Å². The molecule has 0 spiro atoms. The molecule has 3 N–H and O–H groups in total. The van der Waals surface area contributed by atoms with Crippen LogP contribution in [0.5, 0.6) is 0 Å². The number of aromatic amines is 1. The highest BCUT2D eigenvalue weighted by molar-refractivity contribution is 5.94. The number of aromatic nitrogens is 3. The predicted octanol–water partition coefficient (Wildman–Crippen LogP) is 3.27. The van der Waals surface area contributed by atoms with Gasteiger partial charge in [-0.3, -0.25) is 14.9 Å². The largest absolute Gasteiger partial charge is 0.354 e. The van der Waals surface area contributed by atoms with Crippen molar-refractivity contribution in [2.24, 2.45) is 5.92 Å². The molecule has 158 valence electrons. The van der Waals surface area contributed by atoms with Crippen LogP contribution in [0.4, 0.5) is 15.8 Å². The van der Waals surface area contributed by atoms with Crippen molar-refractivity contribution in [3.05, 3.63) is 60.3 Å². The summed E-state index contributed by atoms with van der Waals surface area (Å²) >= 11 is 0. The molecule has 0 aliphatic carbocycles. The molecular weight excluding hydrogens is 397 g/mol. The molecule has 9 heteroatoms. The molecule has 2 aromatic heterocycles. The fourth-order valence-corrected chi connectivity index (χ4v) is 3.87. The second kappa shape index (κ2) is 8.44. The van der Waals surface area contributed by atoms with E-state index in [9.17, 15) is 14.4 Å². The molecule has 1 aromatic carbocycles. The molecule has 4 rings (SSSR count). The van der Waals surface area contributed by atoms with Crippen molar-refractivity contribution in [1.82, 2.24) is 25.4 Å². The fourth-order valence-electron chi connectivity index (χ4n) is 3.87. The Kier molecular flexibility index (Phi) is 5.54. The van der Waals surface area contributed by atoms with Gasteiger partial charge < -0.3 is 15.5 Å². The van der Waals surface area contributed by atoms with E-state index in [1.807, 2.05) is 13.8 Å².